The SMILES string of the molecule is CC(C)(C)c1ccccc1-n1c(-c2[c-]ccc(-c3ccccc3)c2)nnc1C(C)(C)c1ccccc1.[Pt]. The third kappa shape index (κ3) is 5.24. The normalized spacial score (nSPS) is 11.7. The third-order valence-electron chi connectivity index (χ3n) is 6.82. The first kappa shape index (κ1) is 26.8. The summed E-state index contributed by atoms with van der Waals surface area (Å²) in [5, 5.41) is 9.63. The van der Waals surface area contributed by atoms with Crippen molar-refractivity contribution in [3.8, 4) is 28.2 Å². The van der Waals surface area contributed by atoms with Gasteiger partial charge in [0.2, 0.25) is 0 Å². The first-order chi connectivity index (χ1) is 17.3. The molecule has 0 bridgehead atoms. The van der Waals surface area contributed by atoms with Crippen molar-refractivity contribution < 1.29 is 21.1 Å². The van der Waals surface area contributed by atoms with Crippen molar-refractivity contribution in [2.75, 3.05) is 0 Å². The van der Waals surface area contributed by atoms with Crippen LogP contribution in [0, 0.1) is 6.07 Å². The van der Waals surface area contributed by atoms with Crippen molar-refractivity contribution in [2.24, 2.45) is 0 Å². The van der Waals surface area contributed by atoms with Crippen LogP contribution in [-0.4, -0.2) is 14.8 Å². The molecular weight excluding hydrogens is 633 g/mol. The number of rotatable bonds is 5. The number of para-hydroxylation sites is 1. The van der Waals surface area contributed by atoms with Gasteiger partial charge in [0.05, 0.1) is 5.82 Å². The molecule has 0 spiro atoms. The van der Waals surface area contributed by atoms with Crippen molar-refractivity contribution in [3.63, 3.8) is 0 Å². The molecule has 0 N–H and O–H groups in total. The summed E-state index contributed by atoms with van der Waals surface area (Å²) in [6.45, 7) is 11.2. The van der Waals surface area contributed by atoms with Gasteiger partial charge in [-0.25, -0.2) is 0 Å². The number of hydrogen-bond acceptors (Lipinski definition) is 2. The molecule has 0 aliphatic rings. The Balaban J connectivity index is 0.00000320. The summed E-state index contributed by atoms with van der Waals surface area (Å²) in [6.07, 6.45) is 0. The Morgan fingerprint density at radius 3 is 1.97 bits per heavy atom. The van der Waals surface area contributed by atoms with Crippen LogP contribution in [0.25, 0.3) is 28.2 Å². The van der Waals surface area contributed by atoms with Gasteiger partial charge in [0.15, 0.2) is 0 Å². The number of benzene rings is 4. The molecule has 0 amide bonds. The fraction of sp³-hybridized carbons (Fsp3) is 0.212. The van der Waals surface area contributed by atoms with Crippen molar-refractivity contribution in [1.82, 2.24) is 14.8 Å². The zero-order valence-electron chi connectivity index (χ0n) is 22.0. The fourth-order valence-electron chi connectivity index (χ4n) is 4.78. The van der Waals surface area contributed by atoms with E-state index in [1.54, 1.807) is 0 Å². The summed E-state index contributed by atoms with van der Waals surface area (Å²) in [7, 11) is 0. The Labute approximate surface area is 234 Å². The van der Waals surface area contributed by atoms with Gasteiger partial charge in [0, 0.05) is 32.2 Å². The van der Waals surface area contributed by atoms with E-state index in [-0.39, 0.29) is 31.9 Å². The van der Waals surface area contributed by atoms with Gasteiger partial charge in [0.25, 0.3) is 0 Å². The van der Waals surface area contributed by atoms with E-state index in [1.165, 1.54) is 16.7 Å². The molecular formula is C33H32N3Pt-. The van der Waals surface area contributed by atoms with Crippen LogP contribution in [0.1, 0.15) is 51.6 Å². The molecule has 0 saturated carbocycles. The average molecular weight is 666 g/mol. The molecule has 0 saturated heterocycles. The Bertz CT molecular complexity index is 1480. The predicted molar refractivity (Wildman–Crippen MR) is 148 cm³/mol. The Morgan fingerprint density at radius 1 is 0.676 bits per heavy atom. The molecule has 4 aromatic carbocycles. The molecule has 1 heterocycles. The Kier molecular flexibility index (Phi) is 7.66. The van der Waals surface area contributed by atoms with Crippen LogP contribution in [0.3, 0.4) is 0 Å². The zero-order chi connectivity index (χ0) is 25.3. The molecule has 5 aromatic rings. The zero-order valence-corrected chi connectivity index (χ0v) is 24.2. The summed E-state index contributed by atoms with van der Waals surface area (Å²) in [5.74, 6) is 1.70. The van der Waals surface area contributed by atoms with E-state index < -0.39 is 0 Å². The minimum absolute atomic E-state index is 0. The smallest absolute Gasteiger partial charge is 0.138 e. The van der Waals surface area contributed by atoms with Gasteiger partial charge < -0.3 is 4.57 Å². The van der Waals surface area contributed by atoms with Gasteiger partial charge >= 0.3 is 0 Å². The van der Waals surface area contributed by atoms with E-state index in [9.17, 15) is 0 Å². The molecule has 5 rings (SSSR count). The van der Waals surface area contributed by atoms with Gasteiger partial charge in [-0.1, -0.05) is 99.6 Å². The molecule has 0 aliphatic heterocycles. The number of hydrogen-bond donors (Lipinski definition) is 0. The van der Waals surface area contributed by atoms with E-state index in [2.05, 4.69) is 136 Å². The van der Waals surface area contributed by atoms with Gasteiger partial charge in [-0.15, -0.1) is 40.5 Å². The monoisotopic (exact) mass is 665 g/mol. The molecule has 3 nitrogen and oxygen atoms in total. The first-order valence-corrected chi connectivity index (χ1v) is 12.5. The van der Waals surface area contributed by atoms with Gasteiger partial charge in [-0.3, -0.25) is 0 Å². The largest absolute Gasteiger partial charge is 0.319 e. The van der Waals surface area contributed by atoms with Crippen LogP contribution in [0.4, 0.5) is 0 Å². The van der Waals surface area contributed by atoms with Gasteiger partial charge in [0.1, 0.15) is 5.82 Å². The minimum Gasteiger partial charge on any atom is -0.319 e. The quantitative estimate of drug-likeness (QED) is 0.178. The number of nitrogens with zero attached hydrogens (tertiary/aromatic N) is 3. The Hall–Kier alpha value is -3.29. The van der Waals surface area contributed by atoms with Crippen LogP contribution in [0.5, 0.6) is 0 Å². The summed E-state index contributed by atoms with van der Waals surface area (Å²) in [4.78, 5) is 0. The molecule has 0 atom stereocenters. The van der Waals surface area contributed by atoms with Crippen molar-refractivity contribution in [1.29, 1.82) is 0 Å². The first-order valence-electron chi connectivity index (χ1n) is 12.5. The summed E-state index contributed by atoms with van der Waals surface area (Å²) in [6, 6.07) is 39.2. The fourth-order valence-corrected chi connectivity index (χ4v) is 4.78. The number of aromatic nitrogens is 3. The molecule has 0 aliphatic carbocycles. The maximum Gasteiger partial charge on any atom is 0.138 e. The van der Waals surface area contributed by atoms with E-state index in [0.29, 0.717) is 0 Å². The van der Waals surface area contributed by atoms with Crippen LogP contribution < -0.4 is 0 Å². The maximum absolute atomic E-state index is 4.84. The van der Waals surface area contributed by atoms with Crippen LogP contribution in [0.15, 0.2) is 103 Å². The van der Waals surface area contributed by atoms with Crippen LogP contribution in [0.2, 0.25) is 0 Å². The van der Waals surface area contributed by atoms with Crippen molar-refractivity contribution in [3.05, 3.63) is 126 Å². The average Bonchev–Trinajstić information content (AvgIpc) is 3.35. The molecule has 1 aromatic heterocycles. The van der Waals surface area contributed by atoms with E-state index in [4.69, 9.17) is 10.2 Å². The third-order valence-corrected chi connectivity index (χ3v) is 6.82. The molecule has 0 unspecified atom stereocenters. The predicted octanol–water partition coefficient (Wildman–Crippen LogP) is 8.02. The molecule has 0 radical (unpaired) electrons. The summed E-state index contributed by atoms with van der Waals surface area (Å²) >= 11 is 0. The minimum atomic E-state index is -0.367. The summed E-state index contributed by atoms with van der Waals surface area (Å²) in [5.41, 5.74) is 6.34. The standard InChI is InChI=1S/C33H32N3.Pt/c1-32(2,3)28-21-12-13-22-29(28)36-30(26-18-14-17-25(23-26)24-15-8-6-9-16-24)34-35-31(36)33(4,5)27-19-10-7-11-20-27;/h6-17,19-23H,1-5H3;/q-1;. The second kappa shape index (κ2) is 10.6. The van der Waals surface area contributed by atoms with Crippen molar-refractivity contribution >= 4 is 0 Å². The van der Waals surface area contributed by atoms with Gasteiger partial charge in [-0.05, 0) is 42.0 Å². The molecule has 37 heavy (non-hydrogen) atoms. The second-order valence-corrected chi connectivity index (χ2v) is 10.8. The molecule has 190 valence electrons. The Morgan fingerprint density at radius 2 is 1.30 bits per heavy atom. The van der Waals surface area contributed by atoms with E-state index in [0.717, 1.165) is 28.5 Å². The van der Waals surface area contributed by atoms with E-state index in [1.807, 2.05) is 12.1 Å². The van der Waals surface area contributed by atoms with Crippen molar-refractivity contribution in [2.45, 2.75) is 45.4 Å². The van der Waals surface area contributed by atoms with E-state index >= 15 is 0 Å². The summed E-state index contributed by atoms with van der Waals surface area (Å²) < 4.78 is 2.24. The molecule has 0 fully saturated rings. The maximum atomic E-state index is 4.84. The topological polar surface area (TPSA) is 30.7 Å². The molecule has 4 heteroatoms. The van der Waals surface area contributed by atoms with Crippen LogP contribution in [-0.2, 0) is 31.9 Å². The second-order valence-electron chi connectivity index (χ2n) is 10.8. The van der Waals surface area contributed by atoms with Crippen LogP contribution >= 0.6 is 0 Å². The van der Waals surface area contributed by atoms with Gasteiger partial charge in [-0.2, -0.15) is 5.10 Å².